The Hall–Kier alpha value is -0.120. The first kappa shape index (κ1) is 20.5. The van der Waals surface area contributed by atoms with Gasteiger partial charge < -0.3 is 9.84 Å². The van der Waals surface area contributed by atoms with Crippen LogP contribution in [0.3, 0.4) is 0 Å². The van der Waals surface area contributed by atoms with E-state index in [1.54, 1.807) is 0 Å². The Labute approximate surface area is 184 Å². The minimum absolute atomic E-state index is 0.0319. The highest BCUT2D eigenvalue weighted by Gasteiger charge is 2.68. The van der Waals surface area contributed by atoms with E-state index in [0.717, 1.165) is 54.9 Å². The SMILES string of the molecule is CC1CC[C@@]2(NC1)OC1CC3C4CC[C@@H]5CC(O)CC[C@@]5(C)C4CC[C@]3(C)C1C2C. The number of hydrogen-bond donors (Lipinski definition) is 2. The van der Waals surface area contributed by atoms with E-state index in [9.17, 15) is 5.11 Å². The van der Waals surface area contributed by atoms with Crippen LogP contribution in [0.4, 0.5) is 0 Å². The first-order valence-electron chi connectivity index (χ1n) is 13.4. The van der Waals surface area contributed by atoms with E-state index in [1.165, 1.54) is 51.4 Å². The lowest BCUT2D eigenvalue weighted by atomic mass is 9.44. The molecule has 3 heteroatoms. The zero-order valence-electron chi connectivity index (χ0n) is 19.8. The summed E-state index contributed by atoms with van der Waals surface area (Å²) in [5, 5.41) is 14.2. The third kappa shape index (κ3) is 2.61. The number of fused-ring (bicyclic) bond motifs is 7. The largest absolute Gasteiger partial charge is 0.393 e. The van der Waals surface area contributed by atoms with Gasteiger partial charge in [0.15, 0.2) is 0 Å². The zero-order valence-corrected chi connectivity index (χ0v) is 19.8. The molecule has 1 spiro atoms. The summed E-state index contributed by atoms with van der Waals surface area (Å²) in [6, 6.07) is 0. The Balaban J connectivity index is 1.26. The number of hydrogen-bond acceptors (Lipinski definition) is 3. The first-order valence-corrected chi connectivity index (χ1v) is 13.4. The molecule has 2 heterocycles. The van der Waals surface area contributed by atoms with Gasteiger partial charge in [-0.25, -0.2) is 0 Å². The van der Waals surface area contributed by atoms with Crippen molar-refractivity contribution in [1.29, 1.82) is 0 Å². The van der Waals surface area contributed by atoms with Gasteiger partial charge in [0.2, 0.25) is 0 Å². The predicted octanol–water partition coefficient (Wildman–Crippen LogP) is 5.37. The van der Waals surface area contributed by atoms with Gasteiger partial charge in [-0.2, -0.15) is 0 Å². The Morgan fingerprint density at radius 2 is 1.67 bits per heavy atom. The summed E-state index contributed by atoms with van der Waals surface area (Å²) in [6.45, 7) is 11.3. The van der Waals surface area contributed by atoms with Crippen LogP contribution in [0.2, 0.25) is 0 Å². The van der Waals surface area contributed by atoms with Crippen LogP contribution < -0.4 is 5.32 Å². The van der Waals surface area contributed by atoms with Crippen molar-refractivity contribution >= 4 is 0 Å². The Kier molecular flexibility index (Phi) is 4.58. The lowest BCUT2D eigenvalue weighted by Gasteiger charge is -2.61. The van der Waals surface area contributed by atoms with Gasteiger partial charge in [-0.05, 0) is 111 Å². The van der Waals surface area contributed by atoms with Gasteiger partial charge in [0.1, 0.15) is 5.72 Å². The summed E-state index contributed by atoms with van der Waals surface area (Å²) in [7, 11) is 0. The van der Waals surface area contributed by atoms with E-state index < -0.39 is 0 Å². The molecule has 0 bridgehead atoms. The summed E-state index contributed by atoms with van der Waals surface area (Å²) in [6.07, 6.45) is 13.2. The Morgan fingerprint density at radius 1 is 0.867 bits per heavy atom. The molecule has 0 aromatic carbocycles. The number of aliphatic hydroxyl groups is 1. The van der Waals surface area contributed by atoms with Crippen molar-refractivity contribution in [2.75, 3.05) is 6.54 Å². The highest BCUT2D eigenvalue weighted by atomic mass is 16.5. The molecule has 12 atom stereocenters. The number of rotatable bonds is 0. The molecule has 2 aliphatic heterocycles. The number of piperidine rings is 1. The lowest BCUT2D eigenvalue weighted by Crippen LogP contribution is -2.57. The van der Waals surface area contributed by atoms with Crippen LogP contribution in [0, 0.1) is 52.3 Å². The van der Waals surface area contributed by atoms with Gasteiger partial charge in [-0.1, -0.05) is 27.7 Å². The molecule has 6 rings (SSSR count). The molecule has 2 saturated heterocycles. The summed E-state index contributed by atoms with van der Waals surface area (Å²) in [5.41, 5.74) is 0.919. The molecule has 0 amide bonds. The van der Waals surface area contributed by atoms with Crippen LogP contribution in [0.15, 0.2) is 0 Å². The molecule has 2 N–H and O–H groups in total. The maximum Gasteiger partial charge on any atom is 0.122 e. The van der Waals surface area contributed by atoms with Crippen molar-refractivity contribution in [2.24, 2.45) is 52.3 Å². The molecular formula is C27H45NO2. The van der Waals surface area contributed by atoms with Crippen molar-refractivity contribution in [3.8, 4) is 0 Å². The minimum Gasteiger partial charge on any atom is -0.393 e. The Morgan fingerprint density at radius 3 is 2.43 bits per heavy atom. The molecule has 6 fully saturated rings. The molecule has 6 aliphatic rings. The van der Waals surface area contributed by atoms with Gasteiger partial charge in [0, 0.05) is 12.5 Å². The van der Waals surface area contributed by atoms with Crippen molar-refractivity contribution in [2.45, 2.75) is 110 Å². The molecule has 0 aromatic heterocycles. The maximum absolute atomic E-state index is 10.3. The zero-order chi connectivity index (χ0) is 20.9. The molecular weight excluding hydrogens is 370 g/mol. The molecule has 3 nitrogen and oxygen atoms in total. The summed E-state index contributed by atoms with van der Waals surface area (Å²) in [5.74, 6) is 5.57. The van der Waals surface area contributed by atoms with Crippen LogP contribution in [0.5, 0.6) is 0 Å². The van der Waals surface area contributed by atoms with Crippen LogP contribution in [0.1, 0.15) is 91.9 Å². The van der Waals surface area contributed by atoms with E-state index in [-0.39, 0.29) is 11.8 Å². The molecule has 8 unspecified atom stereocenters. The van der Waals surface area contributed by atoms with Crippen LogP contribution >= 0.6 is 0 Å². The maximum atomic E-state index is 10.3. The van der Waals surface area contributed by atoms with Gasteiger partial charge in [-0.15, -0.1) is 0 Å². The van der Waals surface area contributed by atoms with E-state index in [2.05, 4.69) is 33.0 Å². The number of nitrogens with one attached hydrogen (secondary N) is 1. The highest BCUT2D eigenvalue weighted by Crippen LogP contribution is 2.71. The lowest BCUT2D eigenvalue weighted by molar-refractivity contribution is -0.140. The Bertz CT molecular complexity index is 686. The third-order valence-electron chi connectivity index (χ3n) is 12.1. The van der Waals surface area contributed by atoms with Gasteiger partial charge in [-0.3, -0.25) is 5.32 Å². The molecule has 30 heavy (non-hydrogen) atoms. The molecule has 4 aliphatic carbocycles. The predicted molar refractivity (Wildman–Crippen MR) is 120 cm³/mol. The molecule has 0 radical (unpaired) electrons. The van der Waals surface area contributed by atoms with Crippen molar-refractivity contribution in [1.82, 2.24) is 5.32 Å². The molecule has 0 aromatic rings. The topological polar surface area (TPSA) is 41.5 Å². The van der Waals surface area contributed by atoms with E-state index in [4.69, 9.17) is 4.74 Å². The van der Waals surface area contributed by atoms with Crippen LogP contribution in [-0.4, -0.2) is 29.6 Å². The minimum atomic E-state index is -0.0320. The molecule has 4 saturated carbocycles. The monoisotopic (exact) mass is 415 g/mol. The second-order valence-corrected chi connectivity index (χ2v) is 13.3. The van der Waals surface area contributed by atoms with Crippen molar-refractivity contribution in [3.63, 3.8) is 0 Å². The fraction of sp³-hybridized carbons (Fsp3) is 1.00. The average Bonchev–Trinajstić information content (AvgIpc) is 3.16. The highest BCUT2D eigenvalue weighted by molar-refractivity contribution is 5.16. The summed E-state index contributed by atoms with van der Waals surface area (Å²) >= 11 is 0. The van der Waals surface area contributed by atoms with E-state index >= 15 is 0 Å². The quantitative estimate of drug-likeness (QED) is 0.559. The smallest absolute Gasteiger partial charge is 0.122 e. The third-order valence-corrected chi connectivity index (χ3v) is 12.1. The summed E-state index contributed by atoms with van der Waals surface area (Å²) < 4.78 is 7.01. The number of ether oxygens (including phenoxy) is 1. The molecule has 170 valence electrons. The van der Waals surface area contributed by atoms with Crippen LogP contribution in [0.25, 0.3) is 0 Å². The first-order chi connectivity index (χ1) is 14.3. The number of aliphatic hydroxyl groups excluding tert-OH is 1. The van der Waals surface area contributed by atoms with Crippen molar-refractivity contribution < 1.29 is 9.84 Å². The van der Waals surface area contributed by atoms with Crippen LogP contribution in [-0.2, 0) is 4.74 Å². The van der Waals surface area contributed by atoms with E-state index in [1.807, 2.05) is 0 Å². The van der Waals surface area contributed by atoms with Gasteiger partial charge in [0.05, 0.1) is 12.2 Å². The average molecular weight is 416 g/mol. The fourth-order valence-electron chi connectivity index (χ4n) is 10.4. The van der Waals surface area contributed by atoms with Crippen molar-refractivity contribution in [3.05, 3.63) is 0 Å². The van der Waals surface area contributed by atoms with E-state index in [0.29, 0.717) is 22.9 Å². The second-order valence-electron chi connectivity index (χ2n) is 13.3. The van der Waals surface area contributed by atoms with Gasteiger partial charge >= 0.3 is 0 Å². The fourth-order valence-corrected chi connectivity index (χ4v) is 10.4. The van der Waals surface area contributed by atoms with Gasteiger partial charge in [0.25, 0.3) is 0 Å². The normalized spacial score (nSPS) is 62.5. The second kappa shape index (κ2) is 6.70. The standard InChI is InChI=1S/C27H45NO2/c1-16-7-12-27(28-15-16)17(2)24-23(30-27)14-22-20-6-5-18-13-19(29)8-10-25(18,3)21(20)9-11-26(22,24)4/h16-24,28-29H,5-15H2,1-4H3/t16?,17?,18-,19?,20?,21?,22?,23?,24?,25-,26+,27-/m1/s1. The summed E-state index contributed by atoms with van der Waals surface area (Å²) in [4.78, 5) is 0.